The van der Waals surface area contributed by atoms with Gasteiger partial charge in [-0.25, -0.2) is 0 Å². The second-order valence-corrected chi connectivity index (χ2v) is 23.1. The Hall–Kier alpha value is -2.55. The van der Waals surface area contributed by atoms with Crippen molar-refractivity contribution in [3.05, 3.63) is 72.9 Å². The molecule has 0 radical (unpaired) electrons. The predicted octanol–water partition coefficient (Wildman–Crippen LogP) is 18.6. The van der Waals surface area contributed by atoms with E-state index in [-0.39, 0.29) is 26.1 Å². The van der Waals surface area contributed by atoms with Crippen LogP contribution in [0.1, 0.15) is 271 Å². The van der Waals surface area contributed by atoms with Gasteiger partial charge in [-0.15, -0.1) is 0 Å². The van der Waals surface area contributed by atoms with Crippen LogP contribution in [0.3, 0.4) is 0 Å². The molecule has 0 fully saturated rings. The molecule has 0 aromatic heterocycles. The highest BCUT2D eigenvalue weighted by molar-refractivity contribution is 7.45. The van der Waals surface area contributed by atoms with Gasteiger partial charge in [0.25, 0.3) is 7.82 Å². The molecule has 0 N–H and O–H groups in total. The Morgan fingerprint density at radius 1 is 0.432 bits per heavy atom. The molecule has 2 atom stereocenters. The fraction of sp³-hybridized carbons (Fsp3) is 0.781. The van der Waals surface area contributed by atoms with Gasteiger partial charge >= 0.3 is 11.9 Å². The second-order valence-electron chi connectivity index (χ2n) is 21.7. The van der Waals surface area contributed by atoms with Crippen LogP contribution in [0.2, 0.25) is 0 Å². The lowest BCUT2D eigenvalue weighted by molar-refractivity contribution is -0.870. The van der Waals surface area contributed by atoms with Crippen LogP contribution < -0.4 is 4.89 Å². The lowest BCUT2D eigenvalue weighted by atomic mass is 10.0. The van der Waals surface area contributed by atoms with Crippen LogP contribution in [-0.4, -0.2) is 70.0 Å². The molecule has 0 amide bonds. The van der Waals surface area contributed by atoms with E-state index in [4.69, 9.17) is 18.5 Å². The summed E-state index contributed by atoms with van der Waals surface area (Å²) in [4.78, 5) is 37.8. The van der Waals surface area contributed by atoms with Gasteiger partial charge < -0.3 is 27.9 Å². The largest absolute Gasteiger partial charge is 0.756 e. The zero-order chi connectivity index (χ0) is 54.2. The number of allylic oxidation sites excluding steroid dienone is 12. The zero-order valence-electron chi connectivity index (χ0n) is 48.8. The summed E-state index contributed by atoms with van der Waals surface area (Å²) in [5, 5.41) is 0. The van der Waals surface area contributed by atoms with Crippen molar-refractivity contribution in [2.24, 2.45) is 0 Å². The molecule has 0 saturated carbocycles. The van der Waals surface area contributed by atoms with E-state index in [2.05, 4.69) is 86.8 Å². The molecule has 0 aromatic carbocycles. The summed E-state index contributed by atoms with van der Waals surface area (Å²) in [6, 6.07) is 0. The Labute approximate surface area is 457 Å². The van der Waals surface area contributed by atoms with E-state index in [0.29, 0.717) is 17.4 Å². The zero-order valence-corrected chi connectivity index (χ0v) is 49.7. The van der Waals surface area contributed by atoms with Crippen LogP contribution in [0.4, 0.5) is 0 Å². The number of likely N-dealkylation sites (N-methyl/N-ethyl adjacent to an activating group) is 1. The van der Waals surface area contributed by atoms with Gasteiger partial charge in [0.15, 0.2) is 6.10 Å². The molecule has 0 heterocycles. The van der Waals surface area contributed by atoms with Gasteiger partial charge in [-0.2, -0.15) is 0 Å². The van der Waals surface area contributed by atoms with Crippen molar-refractivity contribution in [2.75, 3.05) is 47.5 Å². The van der Waals surface area contributed by atoms with Gasteiger partial charge in [0.05, 0.1) is 27.7 Å². The monoisotopic (exact) mass is 1060 g/mol. The number of hydrogen-bond donors (Lipinski definition) is 0. The van der Waals surface area contributed by atoms with E-state index >= 15 is 0 Å². The minimum absolute atomic E-state index is 0.0404. The standard InChI is InChI=1S/C64H116NO8P/c1-6-8-10-12-14-16-18-20-22-23-24-25-26-27-28-29-30-31-32-33-34-35-36-37-38-39-40-41-43-44-46-48-50-52-54-56-63(66)70-60-62(61-72-74(68,69)71-59-58-65(3,4)5)73-64(67)57-55-53-51-49-47-45-42-21-19-17-15-13-11-9-7-2/h9,11,15,17-18,20-21,23-24,42,47,49,62H,6-8,10,12-14,16,19,22,25-41,43-46,48,50-61H2,1-5H3/b11-9-,17-15-,20-18-,24-23-,42-21-,49-47-. The summed E-state index contributed by atoms with van der Waals surface area (Å²) < 4.78 is 34.1. The molecule has 0 saturated heterocycles. The minimum atomic E-state index is -4.65. The summed E-state index contributed by atoms with van der Waals surface area (Å²) in [5.74, 6) is -0.877. The molecule has 0 aliphatic carbocycles. The van der Waals surface area contributed by atoms with Crippen molar-refractivity contribution in [1.82, 2.24) is 0 Å². The molecule has 2 unspecified atom stereocenters. The van der Waals surface area contributed by atoms with Crippen molar-refractivity contribution < 1.29 is 42.1 Å². The number of nitrogens with zero attached hydrogens (tertiary/aromatic N) is 1. The maximum atomic E-state index is 12.7. The van der Waals surface area contributed by atoms with Crippen LogP contribution in [0.15, 0.2) is 72.9 Å². The number of hydrogen-bond acceptors (Lipinski definition) is 8. The van der Waals surface area contributed by atoms with E-state index in [1.807, 2.05) is 21.1 Å². The molecule has 430 valence electrons. The van der Waals surface area contributed by atoms with Crippen molar-refractivity contribution in [3.8, 4) is 0 Å². The molecule has 0 aliphatic heterocycles. The minimum Gasteiger partial charge on any atom is -0.756 e. The van der Waals surface area contributed by atoms with Crippen molar-refractivity contribution in [1.29, 1.82) is 0 Å². The average Bonchev–Trinajstić information content (AvgIpc) is 3.36. The Morgan fingerprint density at radius 3 is 1.18 bits per heavy atom. The smallest absolute Gasteiger partial charge is 0.306 e. The van der Waals surface area contributed by atoms with Crippen LogP contribution in [0.5, 0.6) is 0 Å². The number of esters is 2. The van der Waals surface area contributed by atoms with Crippen LogP contribution in [0, 0.1) is 0 Å². The second kappa shape index (κ2) is 55.2. The molecule has 0 rings (SSSR count). The Morgan fingerprint density at radius 2 is 0.770 bits per heavy atom. The SMILES string of the molecule is CC/C=C\C/C=C\C/C=C\C/C=C\CCCCC(=O)OC(COC(=O)CCCCCCCCCCCCCCCCCCCCCCCCC/C=C\C/C=C\CCCCCCC)COP(=O)([O-])OCC[N+](C)(C)C. The normalized spacial score (nSPS) is 13.8. The first-order chi connectivity index (χ1) is 36.0. The Bertz CT molecular complexity index is 1480. The average molecular weight is 1060 g/mol. The molecule has 0 aromatic rings. The lowest BCUT2D eigenvalue weighted by Gasteiger charge is -2.28. The molecule has 10 heteroatoms. The van der Waals surface area contributed by atoms with Gasteiger partial charge in [0, 0.05) is 12.8 Å². The third-order valence-electron chi connectivity index (χ3n) is 13.2. The maximum Gasteiger partial charge on any atom is 0.306 e. The van der Waals surface area contributed by atoms with Crippen LogP contribution >= 0.6 is 7.82 Å². The van der Waals surface area contributed by atoms with Crippen LogP contribution in [-0.2, 0) is 32.7 Å². The van der Waals surface area contributed by atoms with Crippen molar-refractivity contribution >= 4 is 19.8 Å². The number of unbranched alkanes of at least 4 members (excludes halogenated alkanes) is 30. The molecule has 0 spiro atoms. The quantitative estimate of drug-likeness (QED) is 0.0195. The van der Waals surface area contributed by atoms with Gasteiger partial charge in [0.2, 0.25) is 0 Å². The van der Waals surface area contributed by atoms with Crippen molar-refractivity contribution in [2.45, 2.75) is 277 Å². The molecule has 0 aliphatic rings. The fourth-order valence-electron chi connectivity index (χ4n) is 8.50. The Balaban J connectivity index is 3.98. The van der Waals surface area contributed by atoms with Crippen LogP contribution in [0.25, 0.3) is 0 Å². The van der Waals surface area contributed by atoms with Gasteiger partial charge in [0.1, 0.15) is 19.8 Å². The first kappa shape index (κ1) is 71.5. The van der Waals surface area contributed by atoms with E-state index in [0.717, 1.165) is 64.2 Å². The maximum absolute atomic E-state index is 12.7. The number of quaternary nitrogens is 1. The summed E-state index contributed by atoms with van der Waals surface area (Å²) in [6.45, 7) is 4.08. The predicted molar refractivity (Wildman–Crippen MR) is 314 cm³/mol. The topological polar surface area (TPSA) is 111 Å². The first-order valence-corrected chi connectivity index (χ1v) is 32.1. The Kier molecular flexibility index (Phi) is 53.3. The van der Waals surface area contributed by atoms with E-state index in [1.54, 1.807) is 0 Å². The third kappa shape index (κ3) is 58.7. The summed E-state index contributed by atoms with van der Waals surface area (Å²) in [6.07, 6.45) is 72.8. The molecule has 0 bridgehead atoms. The highest BCUT2D eigenvalue weighted by Gasteiger charge is 2.22. The molecular weight excluding hydrogens is 942 g/mol. The summed E-state index contributed by atoms with van der Waals surface area (Å²) >= 11 is 0. The van der Waals surface area contributed by atoms with Gasteiger partial charge in [-0.1, -0.05) is 247 Å². The van der Waals surface area contributed by atoms with Crippen molar-refractivity contribution in [3.63, 3.8) is 0 Å². The number of carbonyl (C=O) groups excluding carboxylic acids is 2. The number of carbonyl (C=O) groups is 2. The number of phosphoric acid groups is 1. The third-order valence-corrected chi connectivity index (χ3v) is 14.2. The number of ether oxygens (including phenoxy) is 2. The highest BCUT2D eigenvalue weighted by Crippen LogP contribution is 2.38. The molecular formula is C64H116NO8P. The molecule has 9 nitrogen and oxygen atoms in total. The van der Waals surface area contributed by atoms with E-state index in [9.17, 15) is 19.0 Å². The highest BCUT2D eigenvalue weighted by atomic mass is 31.2. The van der Waals surface area contributed by atoms with E-state index < -0.39 is 32.5 Å². The lowest BCUT2D eigenvalue weighted by Crippen LogP contribution is -2.37. The molecule has 74 heavy (non-hydrogen) atoms. The first-order valence-electron chi connectivity index (χ1n) is 30.6. The summed E-state index contributed by atoms with van der Waals surface area (Å²) in [5.41, 5.74) is 0. The fourth-order valence-corrected chi connectivity index (χ4v) is 9.23. The number of phosphoric ester groups is 1. The number of rotatable bonds is 56. The van der Waals surface area contributed by atoms with Gasteiger partial charge in [-0.3, -0.25) is 14.2 Å². The van der Waals surface area contributed by atoms with E-state index in [1.165, 1.54) is 173 Å². The summed E-state index contributed by atoms with van der Waals surface area (Å²) in [7, 11) is 1.14. The van der Waals surface area contributed by atoms with Gasteiger partial charge in [-0.05, 0) is 83.5 Å².